The molecule has 0 spiro atoms. The molecule has 0 saturated carbocycles. The van der Waals surface area contributed by atoms with Crippen LogP contribution >= 0.6 is 0 Å². The molecule has 182 valence electrons. The minimum atomic E-state index is -0.522. The van der Waals surface area contributed by atoms with E-state index in [-0.39, 0.29) is 23.5 Å². The van der Waals surface area contributed by atoms with Crippen molar-refractivity contribution in [1.82, 2.24) is 9.88 Å². The number of piperidine rings is 1. The molecule has 2 heterocycles. The van der Waals surface area contributed by atoms with Crippen molar-refractivity contribution in [3.8, 4) is 11.3 Å². The Kier molecular flexibility index (Phi) is 7.00. The summed E-state index contributed by atoms with van der Waals surface area (Å²) in [4.78, 5) is 29.9. The van der Waals surface area contributed by atoms with E-state index in [1.54, 1.807) is 11.0 Å². The monoisotopic (exact) mass is 474 g/mol. The van der Waals surface area contributed by atoms with Crippen molar-refractivity contribution in [2.75, 3.05) is 18.4 Å². The van der Waals surface area contributed by atoms with Crippen LogP contribution in [0.5, 0.6) is 0 Å². The second kappa shape index (κ2) is 10.1. The molecule has 1 aromatic heterocycles. The number of hydrogen-bond acceptors (Lipinski definition) is 6. The van der Waals surface area contributed by atoms with Crippen LogP contribution in [0.25, 0.3) is 11.3 Å². The quantitative estimate of drug-likeness (QED) is 0.334. The molecule has 8 heteroatoms. The summed E-state index contributed by atoms with van der Waals surface area (Å²) in [5, 5.41) is 14.7. The Labute approximate surface area is 205 Å². The molecule has 0 bridgehead atoms. The van der Waals surface area contributed by atoms with Gasteiger partial charge in [-0.1, -0.05) is 42.5 Å². The van der Waals surface area contributed by atoms with Crippen molar-refractivity contribution in [1.29, 1.82) is 0 Å². The Hall–Kier alpha value is -3.94. The van der Waals surface area contributed by atoms with Crippen molar-refractivity contribution in [3.63, 3.8) is 0 Å². The molecule has 1 saturated heterocycles. The summed E-state index contributed by atoms with van der Waals surface area (Å²) >= 11 is 0. The molecule has 1 atom stereocenters. The first-order valence-corrected chi connectivity index (χ1v) is 11.8. The fourth-order valence-electron chi connectivity index (χ4n) is 4.18. The van der Waals surface area contributed by atoms with Crippen LogP contribution in [-0.2, 0) is 4.74 Å². The molecule has 1 unspecified atom stereocenters. The summed E-state index contributed by atoms with van der Waals surface area (Å²) in [5.74, 6) is 0.400. The van der Waals surface area contributed by atoms with Crippen molar-refractivity contribution >= 4 is 23.3 Å². The van der Waals surface area contributed by atoms with Gasteiger partial charge in [0.15, 0.2) is 0 Å². The summed E-state index contributed by atoms with van der Waals surface area (Å²) in [7, 11) is 0. The molecule has 4 rings (SSSR count). The van der Waals surface area contributed by atoms with E-state index in [0.29, 0.717) is 24.5 Å². The highest BCUT2D eigenvalue weighted by Gasteiger charge is 2.28. The largest absolute Gasteiger partial charge is 0.444 e. The number of hydrogen-bond donors (Lipinski definition) is 1. The Balaban J connectivity index is 1.49. The smallest absolute Gasteiger partial charge is 0.410 e. The molecule has 1 aliphatic heterocycles. The van der Waals surface area contributed by atoms with E-state index in [1.165, 1.54) is 6.07 Å². The lowest BCUT2D eigenvalue weighted by Crippen LogP contribution is -2.42. The molecule has 1 amide bonds. The van der Waals surface area contributed by atoms with Crippen molar-refractivity contribution in [2.24, 2.45) is 0 Å². The Bertz CT molecular complexity index is 1190. The first-order valence-electron chi connectivity index (χ1n) is 11.8. The van der Waals surface area contributed by atoms with Gasteiger partial charge in [-0.3, -0.25) is 10.1 Å². The van der Waals surface area contributed by atoms with Gasteiger partial charge in [0.1, 0.15) is 5.60 Å². The Morgan fingerprint density at radius 3 is 2.46 bits per heavy atom. The van der Waals surface area contributed by atoms with Crippen molar-refractivity contribution in [3.05, 3.63) is 82.4 Å². The number of benzene rings is 2. The van der Waals surface area contributed by atoms with Crippen LogP contribution in [-0.4, -0.2) is 39.6 Å². The number of nitrogens with one attached hydrogen (secondary N) is 1. The zero-order chi connectivity index (χ0) is 25.0. The average molecular weight is 475 g/mol. The minimum absolute atomic E-state index is 0.0889. The lowest BCUT2D eigenvalue weighted by atomic mass is 9.90. The Morgan fingerprint density at radius 1 is 1.09 bits per heavy atom. The normalized spacial score (nSPS) is 16.0. The SMILES string of the molecule is CC(C)(C)OC(=O)N1CCCC(c2ccc(Nc3nc(-c4ccccc4)ccc3[N+](=O)[O-])cc2)C1. The van der Waals surface area contributed by atoms with E-state index in [4.69, 9.17) is 4.74 Å². The number of ether oxygens (including phenoxy) is 1. The highest BCUT2D eigenvalue weighted by atomic mass is 16.6. The predicted molar refractivity (Wildman–Crippen MR) is 136 cm³/mol. The van der Waals surface area contributed by atoms with Crippen LogP contribution in [0.15, 0.2) is 66.7 Å². The number of likely N-dealkylation sites (tertiary alicyclic amines) is 1. The van der Waals surface area contributed by atoms with E-state index in [9.17, 15) is 14.9 Å². The number of carbonyl (C=O) groups is 1. The number of nitro groups is 1. The summed E-state index contributed by atoms with van der Waals surface area (Å²) in [5.41, 5.74) is 2.74. The Morgan fingerprint density at radius 2 is 1.80 bits per heavy atom. The summed E-state index contributed by atoms with van der Waals surface area (Å²) in [6, 6.07) is 20.4. The lowest BCUT2D eigenvalue weighted by Gasteiger charge is -2.34. The van der Waals surface area contributed by atoms with Crippen LogP contribution in [0, 0.1) is 10.1 Å². The maximum absolute atomic E-state index is 12.5. The van der Waals surface area contributed by atoms with E-state index >= 15 is 0 Å². The summed E-state index contributed by atoms with van der Waals surface area (Å²) in [6.07, 6.45) is 1.61. The number of nitrogens with zero attached hydrogens (tertiary/aromatic N) is 3. The van der Waals surface area contributed by atoms with Gasteiger partial charge >= 0.3 is 11.8 Å². The molecule has 8 nitrogen and oxygen atoms in total. The molecule has 1 N–H and O–H groups in total. The second-order valence-electron chi connectivity index (χ2n) is 9.70. The first-order chi connectivity index (χ1) is 16.7. The van der Waals surface area contributed by atoms with Gasteiger partial charge in [0, 0.05) is 36.3 Å². The molecule has 0 aliphatic carbocycles. The van der Waals surface area contributed by atoms with Gasteiger partial charge in [0.05, 0.1) is 10.6 Å². The number of carbonyl (C=O) groups excluding carboxylic acids is 1. The molecule has 2 aromatic carbocycles. The molecule has 35 heavy (non-hydrogen) atoms. The second-order valence-corrected chi connectivity index (χ2v) is 9.70. The predicted octanol–water partition coefficient (Wildman–Crippen LogP) is 6.51. The van der Waals surface area contributed by atoms with E-state index in [0.717, 1.165) is 24.0 Å². The molecular weight excluding hydrogens is 444 g/mol. The zero-order valence-electron chi connectivity index (χ0n) is 20.2. The van der Waals surface area contributed by atoms with E-state index in [2.05, 4.69) is 10.3 Å². The third kappa shape index (κ3) is 6.15. The van der Waals surface area contributed by atoms with Gasteiger partial charge in [0.25, 0.3) is 0 Å². The van der Waals surface area contributed by atoms with Crippen LogP contribution in [0.2, 0.25) is 0 Å². The van der Waals surface area contributed by atoms with E-state index in [1.807, 2.05) is 75.4 Å². The highest BCUT2D eigenvalue weighted by molar-refractivity contribution is 5.71. The summed E-state index contributed by atoms with van der Waals surface area (Å²) < 4.78 is 5.53. The number of rotatable bonds is 5. The number of anilines is 2. The van der Waals surface area contributed by atoms with Gasteiger partial charge in [-0.15, -0.1) is 0 Å². The fraction of sp³-hybridized carbons (Fsp3) is 0.333. The molecule has 1 aliphatic rings. The molecule has 3 aromatic rings. The third-order valence-corrected chi connectivity index (χ3v) is 5.86. The van der Waals surface area contributed by atoms with Crippen LogP contribution in [0.3, 0.4) is 0 Å². The highest BCUT2D eigenvalue weighted by Crippen LogP contribution is 2.32. The van der Waals surface area contributed by atoms with Gasteiger partial charge < -0.3 is 15.0 Å². The first kappa shape index (κ1) is 24.2. The fourth-order valence-corrected chi connectivity index (χ4v) is 4.18. The van der Waals surface area contributed by atoms with Gasteiger partial charge in [-0.25, -0.2) is 9.78 Å². The third-order valence-electron chi connectivity index (χ3n) is 5.86. The lowest BCUT2D eigenvalue weighted by molar-refractivity contribution is -0.384. The van der Waals surface area contributed by atoms with Crippen LogP contribution in [0.1, 0.15) is 45.1 Å². The standard InChI is InChI=1S/C27H30N4O4/c1-27(2,3)35-26(32)30-17-7-10-21(18-30)19-11-13-22(14-12-19)28-25-24(31(33)34)16-15-23(29-25)20-8-5-4-6-9-20/h4-6,8-9,11-16,21H,7,10,17-18H2,1-3H3,(H,28,29). The van der Waals surface area contributed by atoms with Gasteiger partial charge in [-0.2, -0.15) is 0 Å². The van der Waals surface area contributed by atoms with Gasteiger partial charge in [0.2, 0.25) is 5.82 Å². The maximum Gasteiger partial charge on any atom is 0.410 e. The van der Waals surface area contributed by atoms with Crippen LogP contribution < -0.4 is 5.32 Å². The van der Waals surface area contributed by atoms with Gasteiger partial charge in [-0.05, 0) is 57.4 Å². The number of pyridine rings is 1. The molecular formula is C27H30N4O4. The maximum atomic E-state index is 12.5. The minimum Gasteiger partial charge on any atom is -0.444 e. The van der Waals surface area contributed by atoms with Crippen molar-refractivity contribution < 1.29 is 14.5 Å². The summed E-state index contributed by atoms with van der Waals surface area (Å²) in [6.45, 7) is 6.90. The molecule has 0 radical (unpaired) electrons. The number of amides is 1. The number of aromatic nitrogens is 1. The topological polar surface area (TPSA) is 97.6 Å². The van der Waals surface area contributed by atoms with Crippen LogP contribution in [0.4, 0.5) is 22.0 Å². The zero-order valence-corrected chi connectivity index (χ0v) is 20.2. The van der Waals surface area contributed by atoms with E-state index < -0.39 is 10.5 Å². The van der Waals surface area contributed by atoms with Crippen molar-refractivity contribution in [2.45, 2.75) is 45.1 Å². The molecule has 1 fully saturated rings. The average Bonchev–Trinajstić information content (AvgIpc) is 2.84.